The number of hydrogen-bond acceptors (Lipinski definition) is 5. The number of nitrogens with zero attached hydrogens (tertiary/aromatic N) is 4. The van der Waals surface area contributed by atoms with E-state index in [0.717, 1.165) is 0 Å². The third-order valence-corrected chi connectivity index (χ3v) is 3.92. The smallest absolute Gasteiger partial charge is 0.231 e. The van der Waals surface area contributed by atoms with Gasteiger partial charge in [0.05, 0.1) is 11.6 Å². The van der Waals surface area contributed by atoms with Crippen molar-refractivity contribution in [3.8, 4) is 12.1 Å². The number of imidazole rings is 1. The van der Waals surface area contributed by atoms with E-state index in [1.54, 1.807) is 30.3 Å². The molecule has 120 valence electrons. The molecule has 1 aromatic carbocycles. The first kappa shape index (κ1) is 15.5. The van der Waals surface area contributed by atoms with Crippen LogP contribution in [0.5, 0.6) is 0 Å². The van der Waals surface area contributed by atoms with Crippen molar-refractivity contribution in [1.82, 2.24) is 9.97 Å². The van der Waals surface area contributed by atoms with Gasteiger partial charge < -0.3 is 9.88 Å². The van der Waals surface area contributed by atoms with Crippen LogP contribution in [0.15, 0.2) is 24.3 Å². The molecule has 1 aliphatic heterocycles. The van der Waals surface area contributed by atoms with Crippen LogP contribution in [0, 0.1) is 34.4 Å². The minimum atomic E-state index is -0.328. The molecule has 2 heterocycles. The molecule has 1 fully saturated rings. The summed E-state index contributed by atoms with van der Waals surface area (Å²) in [6, 6.07) is 10.0. The Bertz CT molecular complexity index is 831. The van der Waals surface area contributed by atoms with Crippen molar-refractivity contribution in [3.05, 3.63) is 41.5 Å². The Morgan fingerprint density at radius 3 is 2.83 bits per heavy atom. The molecule has 0 spiro atoms. The van der Waals surface area contributed by atoms with Crippen LogP contribution >= 0.6 is 0 Å². The molecule has 8 heteroatoms. The number of carbonyl (C=O) groups excluding carboxylic acids is 1. The number of anilines is 2. The van der Waals surface area contributed by atoms with Crippen LogP contribution in [0.2, 0.25) is 0 Å². The molecule has 3 rings (SSSR count). The van der Waals surface area contributed by atoms with Gasteiger partial charge in [-0.25, -0.2) is 9.37 Å². The van der Waals surface area contributed by atoms with Crippen molar-refractivity contribution in [3.63, 3.8) is 0 Å². The van der Waals surface area contributed by atoms with E-state index in [1.807, 2.05) is 4.90 Å². The lowest BCUT2D eigenvalue weighted by Gasteiger charge is -2.18. The summed E-state index contributed by atoms with van der Waals surface area (Å²) < 4.78 is 13.8. The molecular weight excluding hydrogens is 311 g/mol. The van der Waals surface area contributed by atoms with Gasteiger partial charge in [0.2, 0.25) is 11.9 Å². The highest BCUT2D eigenvalue weighted by Gasteiger charge is 2.30. The van der Waals surface area contributed by atoms with E-state index < -0.39 is 0 Å². The van der Waals surface area contributed by atoms with Crippen molar-refractivity contribution in [2.45, 2.75) is 6.42 Å². The summed E-state index contributed by atoms with van der Waals surface area (Å²) in [4.78, 5) is 20.6. The molecule has 0 aliphatic carbocycles. The molecule has 0 unspecified atom stereocenters. The first-order valence-electron chi connectivity index (χ1n) is 7.33. The number of carbonyl (C=O) groups is 1. The molecule has 24 heavy (non-hydrogen) atoms. The fraction of sp³-hybridized carbons (Fsp3) is 0.250. The molecule has 1 saturated heterocycles. The average molecular weight is 324 g/mol. The SMILES string of the molecule is N#Cc1nc(NC(=O)[C@H]2CCN(c3ccccc3F)C2)[nH]c1C#N. The minimum absolute atomic E-state index is 0.00667. The fourth-order valence-corrected chi connectivity index (χ4v) is 2.71. The van der Waals surface area contributed by atoms with Crippen LogP contribution in [0.25, 0.3) is 0 Å². The van der Waals surface area contributed by atoms with E-state index in [2.05, 4.69) is 15.3 Å². The lowest BCUT2D eigenvalue weighted by molar-refractivity contribution is -0.119. The Morgan fingerprint density at radius 2 is 2.17 bits per heavy atom. The maximum absolute atomic E-state index is 13.8. The lowest BCUT2D eigenvalue weighted by Crippen LogP contribution is -2.27. The molecule has 0 saturated carbocycles. The average Bonchev–Trinajstić information content (AvgIpc) is 3.21. The van der Waals surface area contributed by atoms with E-state index in [9.17, 15) is 9.18 Å². The zero-order valence-electron chi connectivity index (χ0n) is 12.6. The molecule has 1 aliphatic rings. The van der Waals surface area contributed by atoms with Crippen LogP contribution < -0.4 is 10.2 Å². The van der Waals surface area contributed by atoms with Crippen molar-refractivity contribution in [2.24, 2.45) is 5.92 Å². The number of para-hydroxylation sites is 1. The highest BCUT2D eigenvalue weighted by molar-refractivity contribution is 5.92. The molecular formula is C16H13FN6O. The monoisotopic (exact) mass is 324 g/mol. The van der Waals surface area contributed by atoms with Crippen LogP contribution in [-0.4, -0.2) is 29.0 Å². The normalized spacial score (nSPS) is 16.5. The summed E-state index contributed by atoms with van der Waals surface area (Å²) in [6.45, 7) is 0.966. The zero-order valence-corrected chi connectivity index (χ0v) is 12.6. The van der Waals surface area contributed by atoms with Gasteiger partial charge in [-0.05, 0) is 18.6 Å². The molecule has 0 radical (unpaired) electrons. The fourth-order valence-electron chi connectivity index (χ4n) is 2.71. The van der Waals surface area contributed by atoms with Crippen molar-refractivity contribution in [1.29, 1.82) is 10.5 Å². The van der Waals surface area contributed by atoms with Crippen molar-refractivity contribution in [2.75, 3.05) is 23.3 Å². The molecule has 1 aromatic heterocycles. The Kier molecular flexibility index (Phi) is 4.13. The first-order valence-corrected chi connectivity index (χ1v) is 7.33. The molecule has 1 amide bonds. The number of H-pyrrole nitrogens is 1. The van der Waals surface area contributed by atoms with Gasteiger partial charge in [0.25, 0.3) is 0 Å². The maximum Gasteiger partial charge on any atom is 0.231 e. The number of amides is 1. The van der Waals surface area contributed by atoms with Gasteiger partial charge in [-0.3, -0.25) is 10.1 Å². The minimum Gasteiger partial charge on any atom is -0.368 e. The Labute approximate surface area is 137 Å². The maximum atomic E-state index is 13.8. The molecule has 1 atom stereocenters. The topological polar surface area (TPSA) is 109 Å². The number of hydrogen-bond donors (Lipinski definition) is 2. The van der Waals surface area contributed by atoms with Crippen molar-refractivity contribution < 1.29 is 9.18 Å². The van der Waals surface area contributed by atoms with Gasteiger partial charge in [0.15, 0.2) is 11.4 Å². The summed E-state index contributed by atoms with van der Waals surface area (Å²) in [5.41, 5.74) is 0.420. The third-order valence-electron chi connectivity index (χ3n) is 3.92. The number of nitriles is 2. The van der Waals surface area contributed by atoms with Gasteiger partial charge in [0.1, 0.15) is 18.0 Å². The number of halogens is 1. The second kappa shape index (κ2) is 6.39. The van der Waals surface area contributed by atoms with Crippen molar-refractivity contribution >= 4 is 17.5 Å². The summed E-state index contributed by atoms with van der Waals surface area (Å²) >= 11 is 0. The highest BCUT2D eigenvalue weighted by Crippen LogP contribution is 2.26. The number of benzene rings is 1. The summed E-state index contributed by atoms with van der Waals surface area (Å²) in [5, 5.41) is 20.3. The van der Waals surface area contributed by atoms with Crippen LogP contribution in [0.4, 0.5) is 16.0 Å². The Hall–Kier alpha value is -3.39. The summed E-state index contributed by atoms with van der Waals surface area (Å²) in [5.74, 6) is -0.860. The largest absolute Gasteiger partial charge is 0.368 e. The second-order valence-electron chi connectivity index (χ2n) is 5.40. The number of nitrogens with one attached hydrogen (secondary N) is 2. The van der Waals surface area contributed by atoms with Crippen LogP contribution in [-0.2, 0) is 4.79 Å². The number of aromatic amines is 1. The van der Waals surface area contributed by atoms with Crippen LogP contribution in [0.1, 0.15) is 17.8 Å². The summed E-state index contributed by atoms with van der Waals surface area (Å²) in [7, 11) is 0. The second-order valence-corrected chi connectivity index (χ2v) is 5.40. The number of rotatable bonds is 3. The number of aromatic nitrogens is 2. The van der Waals surface area contributed by atoms with E-state index >= 15 is 0 Å². The van der Waals surface area contributed by atoms with Gasteiger partial charge in [0, 0.05) is 13.1 Å². The zero-order chi connectivity index (χ0) is 17.1. The first-order chi connectivity index (χ1) is 11.6. The van der Waals surface area contributed by atoms with Crippen LogP contribution in [0.3, 0.4) is 0 Å². The quantitative estimate of drug-likeness (QED) is 0.894. The molecule has 2 aromatic rings. The predicted molar refractivity (Wildman–Crippen MR) is 83.4 cm³/mol. The molecule has 2 N–H and O–H groups in total. The predicted octanol–water partition coefficient (Wildman–Crippen LogP) is 1.76. The van der Waals surface area contributed by atoms with E-state index in [0.29, 0.717) is 25.2 Å². The third kappa shape index (κ3) is 2.90. The van der Waals surface area contributed by atoms with Gasteiger partial charge in [-0.15, -0.1) is 0 Å². The standard InChI is InChI=1S/C16H13FN6O/c17-11-3-1-2-4-14(11)23-6-5-10(9-23)15(24)22-16-20-12(7-18)13(8-19)21-16/h1-4,10H,5-6,9H2,(H2,20,21,22,24)/t10-/m0/s1. The van der Waals surface area contributed by atoms with Gasteiger partial charge >= 0.3 is 0 Å². The van der Waals surface area contributed by atoms with E-state index in [4.69, 9.17) is 10.5 Å². The van der Waals surface area contributed by atoms with Gasteiger partial charge in [-0.1, -0.05) is 12.1 Å². The Morgan fingerprint density at radius 1 is 1.38 bits per heavy atom. The molecule has 0 bridgehead atoms. The lowest BCUT2D eigenvalue weighted by atomic mass is 10.1. The molecule has 7 nitrogen and oxygen atoms in total. The van der Waals surface area contributed by atoms with E-state index in [-0.39, 0.29) is 35.0 Å². The van der Waals surface area contributed by atoms with E-state index in [1.165, 1.54) is 6.07 Å². The Balaban J connectivity index is 1.67. The van der Waals surface area contributed by atoms with Gasteiger partial charge in [-0.2, -0.15) is 10.5 Å². The highest BCUT2D eigenvalue weighted by atomic mass is 19.1. The summed E-state index contributed by atoms with van der Waals surface area (Å²) in [6.07, 6.45) is 0.580.